The van der Waals surface area contributed by atoms with Crippen molar-refractivity contribution in [2.75, 3.05) is 80.1 Å². The zero-order chi connectivity index (χ0) is 53.5. The van der Waals surface area contributed by atoms with E-state index in [1.54, 1.807) is 36.4 Å². The number of urea groups is 2. The molecule has 9 rings (SSSR count). The third-order valence-corrected chi connectivity index (χ3v) is 11.5. The Balaban J connectivity index is 0.000000203. The monoisotopic (exact) mass is 1030 g/mol. The van der Waals surface area contributed by atoms with Gasteiger partial charge in [-0.15, -0.1) is 0 Å². The van der Waals surface area contributed by atoms with Gasteiger partial charge in [0, 0.05) is 59.7 Å². The molecule has 7 aromatic rings. The zero-order valence-electron chi connectivity index (χ0n) is 40.7. The van der Waals surface area contributed by atoms with E-state index in [1.807, 2.05) is 38.0 Å². The van der Waals surface area contributed by atoms with Gasteiger partial charge in [0.05, 0.1) is 30.0 Å². The van der Waals surface area contributed by atoms with E-state index < -0.39 is 64.4 Å². The summed E-state index contributed by atoms with van der Waals surface area (Å²) in [5.41, 5.74) is 2.08. The number of fused-ring (bicyclic) bond motifs is 2. The van der Waals surface area contributed by atoms with Crippen LogP contribution in [0.5, 0.6) is 0 Å². The Hall–Kier alpha value is -9.09. The average Bonchev–Trinajstić information content (AvgIpc) is 3.38. The molecule has 0 spiro atoms. The number of benzene rings is 5. The molecular weight excluding hydrogens is 982 g/mol. The number of nitrogens with one attached hydrogen (secondary N) is 5. The largest absolute Gasteiger partial charge is 0.478 e. The Morgan fingerprint density at radius 2 is 1.00 bits per heavy atom. The van der Waals surface area contributed by atoms with Crippen molar-refractivity contribution in [1.29, 1.82) is 0 Å². The first-order valence-electron chi connectivity index (χ1n) is 23.1. The molecule has 5 aromatic carbocycles. The standard InChI is InChI=1S/C29H26F3N7O2.C23H22F2N6O3/c1-38(2)14-13-33-28-36-24(17-5-3-6-18(15-17)27(40)35-20-11-9-19(30)10-12-20)21-16-34-29(41)39(26(21)37-28)25-22(31)7-4-8-23(25)32;1-30(2)10-9-26-22-28-18(13-5-3-6-14(11-13)21(32)33)15-12-27-23(34)31(20(15)29-22)19-16(24)7-4-8-17(19)25/h3-12,15H,13-14,16H2,1-2H3,(H,34,41)(H,35,40)(H,33,36,37);3-8,11H,9-10,12H2,1-2H3,(H,27,34)(H,32,33)(H,26,28,29). The first-order valence-corrected chi connectivity index (χ1v) is 23.1. The number of nitrogens with zero attached hydrogens (tertiary/aromatic N) is 8. The van der Waals surface area contributed by atoms with Crippen LogP contribution >= 0.6 is 0 Å². The van der Waals surface area contributed by atoms with Crippen molar-refractivity contribution in [1.82, 2.24) is 40.4 Å². The van der Waals surface area contributed by atoms with Crippen molar-refractivity contribution in [2.45, 2.75) is 13.1 Å². The molecule has 18 nitrogen and oxygen atoms in total. The second-order valence-electron chi connectivity index (χ2n) is 17.4. The highest BCUT2D eigenvalue weighted by Crippen LogP contribution is 2.40. The number of aromatic carboxylic acids is 1. The molecule has 0 saturated heterocycles. The number of hydrogen-bond acceptors (Lipinski definition) is 12. The third kappa shape index (κ3) is 11.9. The fourth-order valence-electron chi connectivity index (χ4n) is 7.90. The van der Waals surface area contributed by atoms with E-state index in [4.69, 9.17) is 0 Å². The molecule has 4 heterocycles. The number of rotatable bonds is 15. The number of amides is 5. The number of anilines is 7. The van der Waals surface area contributed by atoms with Gasteiger partial charge in [0.2, 0.25) is 11.9 Å². The van der Waals surface area contributed by atoms with Crippen LogP contribution in [0, 0.1) is 29.1 Å². The highest BCUT2D eigenvalue weighted by molar-refractivity contribution is 6.06. The SMILES string of the molecule is CN(C)CCNc1nc(-c2cccc(C(=O)Nc3ccc(F)cc3)c2)c2c(n1)N(c1c(F)cccc1F)C(=O)NC2.CN(C)CCNc1nc(-c2cccc(C(=O)O)c2)c2c(n1)N(c1c(F)cccc1F)C(=O)NC2. The molecule has 0 atom stereocenters. The van der Waals surface area contributed by atoms with Crippen LogP contribution in [0.2, 0.25) is 0 Å². The summed E-state index contributed by atoms with van der Waals surface area (Å²) >= 11 is 0. The number of halogens is 5. The molecule has 386 valence electrons. The minimum absolute atomic E-state index is 0.00540. The number of carboxylic acid groups (broad SMARTS) is 1. The van der Waals surface area contributed by atoms with Gasteiger partial charge in [0.15, 0.2) is 11.6 Å². The van der Waals surface area contributed by atoms with Gasteiger partial charge < -0.3 is 41.5 Å². The second kappa shape index (κ2) is 22.8. The Morgan fingerprint density at radius 3 is 1.43 bits per heavy atom. The molecule has 0 fully saturated rings. The van der Waals surface area contributed by atoms with Crippen molar-refractivity contribution >= 4 is 64.5 Å². The van der Waals surface area contributed by atoms with Crippen molar-refractivity contribution in [3.8, 4) is 22.5 Å². The summed E-state index contributed by atoms with van der Waals surface area (Å²) < 4.78 is 72.4. The van der Waals surface area contributed by atoms with Gasteiger partial charge in [-0.2, -0.15) is 9.97 Å². The molecule has 0 saturated carbocycles. The number of para-hydroxylation sites is 2. The lowest BCUT2D eigenvalue weighted by Crippen LogP contribution is -2.43. The van der Waals surface area contributed by atoms with Crippen LogP contribution in [0.4, 0.5) is 72.1 Å². The molecule has 5 amide bonds. The first-order chi connectivity index (χ1) is 36.0. The average molecular weight is 1030 g/mol. The van der Waals surface area contributed by atoms with Crippen LogP contribution in [0.15, 0.2) is 109 Å². The molecule has 0 unspecified atom stereocenters. The van der Waals surface area contributed by atoms with Gasteiger partial charge in [0.1, 0.15) is 40.5 Å². The van der Waals surface area contributed by atoms with E-state index in [-0.39, 0.29) is 47.7 Å². The topological polar surface area (TPSA) is 213 Å². The molecule has 6 N–H and O–H groups in total. The van der Waals surface area contributed by atoms with E-state index in [2.05, 4.69) is 46.5 Å². The van der Waals surface area contributed by atoms with Gasteiger partial charge in [-0.1, -0.05) is 36.4 Å². The number of aromatic nitrogens is 4. The maximum absolute atomic E-state index is 14.9. The Kier molecular flexibility index (Phi) is 15.9. The minimum atomic E-state index is -1.11. The maximum Gasteiger partial charge on any atom is 0.335 e. The quantitative estimate of drug-likeness (QED) is 0.0532. The Labute approximate surface area is 426 Å². The first kappa shape index (κ1) is 52.2. The highest BCUT2D eigenvalue weighted by atomic mass is 19.1. The highest BCUT2D eigenvalue weighted by Gasteiger charge is 2.36. The zero-order valence-corrected chi connectivity index (χ0v) is 40.7. The summed E-state index contributed by atoms with van der Waals surface area (Å²) in [6.07, 6.45) is 0. The minimum Gasteiger partial charge on any atom is -0.478 e. The fraction of sp³-hybridized carbons (Fsp3) is 0.192. The van der Waals surface area contributed by atoms with E-state index in [0.717, 1.165) is 34.1 Å². The molecule has 75 heavy (non-hydrogen) atoms. The molecule has 2 aromatic heterocycles. The van der Waals surface area contributed by atoms with Crippen LogP contribution in [-0.2, 0) is 13.1 Å². The van der Waals surface area contributed by atoms with Crippen molar-refractivity contribution in [2.24, 2.45) is 0 Å². The lowest BCUT2D eigenvalue weighted by Gasteiger charge is -2.30. The van der Waals surface area contributed by atoms with Gasteiger partial charge >= 0.3 is 18.0 Å². The molecule has 0 aliphatic carbocycles. The molecule has 0 radical (unpaired) electrons. The maximum atomic E-state index is 14.9. The molecule has 0 bridgehead atoms. The summed E-state index contributed by atoms with van der Waals surface area (Å²) in [6, 6.07) is 23.2. The van der Waals surface area contributed by atoms with Gasteiger partial charge in [-0.3, -0.25) is 4.79 Å². The fourth-order valence-corrected chi connectivity index (χ4v) is 7.90. The number of carbonyl (C=O) groups excluding carboxylic acids is 3. The summed E-state index contributed by atoms with van der Waals surface area (Å²) in [4.78, 5) is 74.0. The lowest BCUT2D eigenvalue weighted by molar-refractivity contribution is 0.0696. The van der Waals surface area contributed by atoms with Crippen LogP contribution in [0.25, 0.3) is 22.5 Å². The second-order valence-corrected chi connectivity index (χ2v) is 17.4. The smallest absolute Gasteiger partial charge is 0.335 e. The van der Waals surface area contributed by atoms with Crippen molar-refractivity contribution in [3.63, 3.8) is 0 Å². The van der Waals surface area contributed by atoms with E-state index in [1.165, 1.54) is 48.5 Å². The number of hydrogen-bond donors (Lipinski definition) is 6. The Morgan fingerprint density at radius 1 is 0.587 bits per heavy atom. The van der Waals surface area contributed by atoms with Crippen LogP contribution < -0.4 is 36.4 Å². The predicted octanol–water partition coefficient (Wildman–Crippen LogP) is 8.60. The van der Waals surface area contributed by atoms with E-state index >= 15 is 0 Å². The third-order valence-electron chi connectivity index (χ3n) is 11.5. The molecule has 2 aliphatic heterocycles. The van der Waals surface area contributed by atoms with Crippen molar-refractivity contribution in [3.05, 3.63) is 161 Å². The Bertz CT molecular complexity index is 3270. The summed E-state index contributed by atoms with van der Waals surface area (Å²) in [6.45, 7) is 2.18. The lowest BCUT2D eigenvalue weighted by atomic mass is 10.0. The van der Waals surface area contributed by atoms with Gasteiger partial charge in [-0.25, -0.2) is 56.1 Å². The number of carboxylic acids is 1. The summed E-state index contributed by atoms with van der Waals surface area (Å²) in [7, 11) is 7.59. The van der Waals surface area contributed by atoms with E-state index in [0.29, 0.717) is 65.5 Å². The van der Waals surface area contributed by atoms with Gasteiger partial charge in [-0.05, 0) is 101 Å². The summed E-state index contributed by atoms with van der Waals surface area (Å²) in [5, 5.41) is 23.5. The predicted molar refractivity (Wildman–Crippen MR) is 272 cm³/mol. The number of likely N-dealkylation sites (N-methyl/N-ethyl adjacent to an activating group) is 2. The van der Waals surface area contributed by atoms with E-state index in [9.17, 15) is 46.2 Å². The van der Waals surface area contributed by atoms with Crippen LogP contribution in [0.1, 0.15) is 31.8 Å². The molecular formula is C52H48F5N13O5. The normalized spacial score (nSPS) is 12.8. The van der Waals surface area contributed by atoms with Crippen molar-refractivity contribution < 1.29 is 46.2 Å². The number of carbonyl (C=O) groups is 4. The summed E-state index contributed by atoms with van der Waals surface area (Å²) in [5.74, 6) is -5.43. The molecule has 23 heteroatoms. The van der Waals surface area contributed by atoms with Crippen LogP contribution in [0.3, 0.4) is 0 Å². The van der Waals surface area contributed by atoms with Crippen LogP contribution in [-0.4, -0.2) is 113 Å². The molecule has 2 aliphatic rings. The van der Waals surface area contributed by atoms with Gasteiger partial charge in [0.25, 0.3) is 5.91 Å².